The summed E-state index contributed by atoms with van der Waals surface area (Å²) in [5, 5.41) is 5.12. The fourth-order valence-corrected chi connectivity index (χ4v) is 4.92. The lowest BCUT2D eigenvalue weighted by molar-refractivity contribution is 0.133. The molecule has 1 aliphatic rings. The van der Waals surface area contributed by atoms with Crippen molar-refractivity contribution in [3.63, 3.8) is 0 Å². The topological polar surface area (TPSA) is 58.2 Å². The van der Waals surface area contributed by atoms with Gasteiger partial charge in [-0.1, -0.05) is 20.3 Å². The highest BCUT2D eigenvalue weighted by Crippen LogP contribution is 2.43. The number of rotatable bonds is 8. The summed E-state index contributed by atoms with van der Waals surface area (Å²) in [5.41, 5.74) is 1.24. The first kappa shape index (κ1) is 15.9. The van der Waals surface area contributed by atoms with Crippen molar-refractivity contribution in [2.24, 2.45) is 5.41 Å². The Morgan fingerprint density at radius 2 is 2.10 bits per heavy atom. The monoisotopic (exact) mass is 316 g/mol. The van der Waals surface area contributed by atoms with Gasteiger partial charge >= 0.3 is 0 Å². The van der Waals surface area contributed by atoms with Gasteiger partial charge in [0.05, 0.1) is 0 Å². The number of hydrogen-bond acceptors (Lipinski definition) is 4. The maximum atomic E-state index is 12.3. The van der Waals surface area contributed by atoms with Gasteiger partial charge in [0, 0.05) is 13.1 Å². The second-order valence-corrected chi connectivity index (χ2v) is 8.49. The fourth-order valence-electron chi connectivity index (χ4n) is 2.51. The molecule has 1 aromatic rings. The van der Waals surface area contributed by atoms with Crippen molar-refractivity contribution in [2.75, 3.05) is 13.1 Å². The molecule has 0 atom stereocenters. The average molecular weight is 316 g/mol. The summed E-state index contributed by atoms with van der Waals surface area (Å²) in [6.07, 6.45) is 4.55. The second kappa shape index (κ2) is 6.56. The lowest BCUT2D eigenvalue weighted by Gasteiger charge is -2.41. The third-order valence-electron chi connectivity index (χ3n) is 4.28. The van der Waals surface area contributed by atoms with E-state index in [1.807, 2.05) is 12.3 Å². The summed E-state index contributed by atoms with van der Waals surface area (Å²) in [6.45, 7) is 6.37. The molecular formula is C14H24N2O2S2. The zero-order valence-corrected chi connectivity index (χ0v) is 13.9. The predicted molar refractivity (Wildman–Crippen MR) is 83.5 cm³/mol. The molecule has 0 radical (unpaired) electrons. The van der Waals surface area contributed by atoms with Gasteiger partial charge in [-0.15, -0.1) is 11.3 Å². The molecular weight excluding hydrogens is 292 g/mol. The maximum Gasteiger partial charge on any atom is 0.250 e. The summed E-state index contributed by atoms with van der Waals surface area (Å²) in [6, 6.07) is 1.77. The van der Waals surface area contributed by atoms with Gasteiger partial charge in [-0.2, -0.15) is 0 Å². The minimum absolute atomic E-state index is 0.205. The van der Waals surface area contributed by atoms with Crippen molar-refractivity contribution in [3.8, 4) is 0 Å². The second-order valence-electron chi connectivity index (χ2n) is 5.59. The van der Waals surface area contributed by atoms with Crippen LogP contribution in [0.3, 0.4) is 0 Å². The average Bonchev–Trinajstić information content (AvgIpc) is 2.85. The highest BCUT2D eigenvalue weighted by Gasteiger charge is 2.36. The molecule has 0 spiro atoms. The van der Waals surface area contributed by atoms with E-state index in [9.17, 15) is 8.42 Å². The molecule has 1 aliphatic carbocycles. The fraction of sp³-hybridized carbons (Fsp3) is 0.714. The molecule has 1 heterocycles. The van der Waals surface area contributed by atoms with E-state index in [0.717, 1.165) is 37.9 Å². The largest absolute Gasteiger partial charge is 0.313 e. The van der Waals surface area contributed by atoms with Gasteiger partial charge < -0.3 is 5.32 Å². The third kappa shape index (κ3) is 3.61. The highest BCUT2D eigenvalue weighted by atomic mass is 32.2. The van der Waals surface area contributed by atoms with Crippen LogP contribution in [-0.2, 0) is 16.6 Å². The van der Waals surface area contributed by atoms with Gasteiger partial charge in [0.25, 0.3) is 0 Å². The van der Waals surface area contributed by atoms with Crippen molar-refractivity contribution in [1.82, 2.24) is 10.0 Å². The minimum Gasteiger partial charge on any atom is -0.313 e. The molecule has 0 saturated heterocycles. The van der Waals surface area contributed by atoms with E-state index in [4.69, 9.17) is 0 Å². The van der Waals surface area contributed by atoms with Gasteiger partial charge in [-0.05, 0) is 48.2 Å². The Bertz CT molecular complexity index is 528. The minimum atomic E-state index is -3.34. The van der Waals surface area contributed by atoms with Gasteiger partial charge in [0.1, 0.15) is 4.21 Å². The van der Waals surface area contributed by atoms with Crippen LogP contribution in [0.5, 0.6) is 0 Å². The molecule has 0 aliphatic heterocycles. The molecule has 4 nitrogen and oxygen atoms in total. The molecule has 114 valence electrons. The first-order chi connectivity index (χ1) is 9.51. The van der Waals surface area contributed by atoms with Gasteiger partial charge in [-0.25, -0.2) is 13.1 Å². The number of sulfonamides is 1. The molecule has 0 unspecified atom stereocenters. The Hall–Kier alpha value is -0.430. The zero-order valence-electron chi connectivity index (χ0n) is 12.2. The first-order valence-corrected chi connectivity index (χ1v) is 9.65. The van der Waals surface area contributed by atoms with E-state index >= 15 is 0 Å². The van der Waals surface area contributed by atoms with E-state index in [1.54, 1.807) is 6.07 Å². The first-order valence-electron chi connectivity index (χ1n) is 7.29. The molecule has 6 heteroatoms. The van der Waals surface area contributed by atoms with Crippen LogP contribution >= 0.6 is 11.3 Å². The summed E-state index contributed by atoms with van der Waals surface area (Å²) >= 11 is 1.30. The highest BCUT2D eigenvalue weighted by molar-refractivity contribution is 7.91. The SMILES string of the molecule is CCNCc1csc(S(=O)(=O)NCC2(CC)CCC2)c1. The molecule has 1 saturated carbocycles. The Morgan fingerprint density at radius 1 is 1.35 bits per heavy atom. The Morgan fingerprint density at radius 3 is 2.65 bits per heavy atom. The van der Waals surface area contributed by atoms with Gasteiger partial charge in [0.2, 0.25) is 10.0 Å². The van der Waals surface area contributed by atoms with Crippen LogP contribution in [0.2, 0.25) is 0 Å². The van der Waals surface area contributed by atoms with Gasteiger partial charge in [-0.3, -0.25) is 0 Å². The Labute approximate surface area is 126 Å². The van der Waals surface area contributed by atoms with Crippen molar-refractivity contribution >= 4 is 21.4 Å². The van der Waals surface area contributed by atoms with Crippen LogP contribution in [0.1, 0.15) is 45.1 Å². The molecule has 0 bridgehead atoms. The predicted octanol–water partition coefficient (Wildman–Crippen LogP) is 2.72. The summed E-state index contributed by atoms with van der Waals surface area (Å²) in [7, 11) is -3.34. The van der Waals surface area contributed by atoms with Crippen molar-refractivity contribution in [2.45, 2.75) is 50.3 Å². The van der Waals surface area contributed by atoms with Crippen LogP contribution in [0.25, 0.3) is 0 Å². The smallest absolute Gasteiger partial charge is 0.250 e. The lowest BCUT2D eigenvalue weighted by atomic mass is 9.67. The lowest BCUT2D eigenvalue weighted by Crippen LogP contribution is -2.41. The molecule has 20 heavy (non-hydrogen) atoms. The Balaban J connectivity index is 1.97. The summed E-state index contributed by atoms with van der Waals surface area (Å²) < 4.78 is 27.8. The van der Waals surface area contributed by atoms with E-state index in [2.05, 4.69) is 17.0 Å². The van der Waals surface area contributed by atoms with Crippen LogP contribution in [0.4, 0.5) is 0 Å². The normalized spacial score (nSPS) is 17.9. The number of hydrogen-bond donors (Lipinski definition) is 2. The van der Waals surface area contributed by atoms with Crippen LogP contribution in [0.15, 0.2) is 15.7 Å². The standard InChI is InChI=1S/C14H24N2O2S2/c1-3-14(6-5-7-14)11-16-20(17,18)13-8-12(10-19-13)9-15-4-2/h8,10,15-16H,3-7,9,11H2,1-2H3. The van der Waals surface area contributed by atoms with Crippen LogP contribution < -0.4 is 10.0 Å². The van der Waals surface area contributed by atoms with Crippen molar-refractivity contribution < 1.29 is 8.42 Å². The van der Waals surface area contributed by atoms with Crippen molar-refractivity contribution in [3.05, 3.63) is 17.0 Å². The molecule has 1 aromatic heterocycles. The molecule has 0 aromatic carbocycles. The summed E-state index contributed by atoms with van der Waals surface area (Å²) in [5.74, 6) is 0. The van der Waals surface area contributed by atoms with E-state index in [-0.39, 0.29) is 5.41 Å². The zero-order chi connectivity index (χ0) is 14.6. The van der Waals surface area contributed by atoms with E-state index in [0.29, 0.717) is 10.8 Å². The quantitative estimate of drug-likeness (QED) is 0.775. The van der Waals surface area contributed by atoms with Gasteiger partial charge in [0.15, 0.2) is 0 Å². The maximum absolute atomic E-state index is 12.3. The van der Waals surface area contributed by atoms with E-state index in [1.165, 1.54) is 17.8 Å². The van der Waals surface area contributed by atoms with Crippen LogP contribution in [0, 0.1) is 5.41 Å². The molecule has 2 rings (SSSR count). The van der Waals surface area contributed by atoms with E-state index < -0.39 is 10.0 Å². The van der Waals surface area contributed by atoms with Crippen LogP contribution in [-0.4, -0.2) is 21.5 Å². The molecule has 1 fully saturated rings. The molecule has 2 N–H and O–H groups in total. The Kier molecular flexibility index (Phi) is 5.23. The number of nitrogens with one attached hydrogen (secondary N) is 2. The number of thiophene rings is 1. The summed E-state index contributed by atoms with van der Waals surface area (Å²) in [4.78, 5) is 0. The van der Waals surface area contributed by atoms with Crippen molar-refractivity contribution in [1.29, 1.82) is 0 Å². The third-order valence-corrected chi connectivity index (χ3v) is 7.16. The molecule has 0 amide bonds.